The van der Waals surface area contributed by atoms with E-state index in [4.69, 9.17) is 14.2 Å². The molecule has 10 heteroatoms. The summed E-state index contributed by atoms with van der Waals surface area (Å²) in [5, 5.41) is 0.927. The van der Waals surface area contributed by atoms with Crippen molar-refractivity contribution in [1.29, 1.82) is 0 Å². The number of nitrogens with one attached hydrogen (secondary N) is 1. The summed E-state index contributed by atoms with van der Waals surface area (Å²) in [7, 11) is 3.23. The Labute approximate surface area is 224 Å². The lowest BCUT2D eigenvalue weighted by atomic mass is 10.1. The monoisotopic (exact) mass is 550 g/mol. The zero-order chi connectivity index (χ0) is 27.6. The average molecular weight is 551 g/mol. The molecule has 2 heterocycles. The highest BCUT2D eigenvalue weighted by atomic mass is 32.1. The first-order chi connectivity index (χ1) is 18.7. The molecule has 0 bridgehead atoms. The van der Waals surface area contributed by atoms with E-state index >= 15 is 0 Å². The van der Waals surface area contributed by atoms with Crippen molar-refractivity contribution in [3.63, 3.8) is 0 Å². The minimum absolute atomic E-state index is 0.101. The van der Waals surface area contributed by atoms with Crippen LogP contribution in [0.3, 0.4) is 0 Å². The van der Waals surface area contributed by atoms with Crippen LogP contribution >= 0.6 is 11.3 Å². The van der Waals surface area contributed by atoms with Crippen LogP contribution in [0.15, 0.2) is 77.6 Å². The highest BCUT2D eigenvalue weighted by molar-refractivity contribution is 7.22. The van der Waals surface area contributed by atoms with Crippen molar-refractivity contribution >= 4 is 33.6 Å². The van der Waals surface area contributed by atoms with Crippen LogP contribution in [0.4, 0.5) is 13.2 Å². The van der Waals surface area contributed by atoms with Crippen molar-refractivity contribution in [3.05, 3.63) is 100 Å². The van der Waals surface area contributed by atoms with Gasteiger partial charge in [-0.15, -0.1) is 11.3 Å². The molecular weight excluding hydrogens is 529 g/mol. The van der Waals surface area contributed by atoms with Gasteiger partial charge in [0.25, 0.3) is 0 Å². The highest BCUT2D eigenvalue weighted by Crippen LogP contribution is 2.47. The Morgan fingerprint density at radius 2 is 1.51 bits per heavy atom. The Kier molecular flexibility index (Phi) is 7.12. The number of rotatable bonds is 7. The summed E-state index contributed by atoms with van der Waals surface area (Å²) in [5.41, 5.74) is -0.668. The Balaban J connectivity index is 1.44. The zero-order valence-corrected chi connectivity index (χ0v) is 21.5. The number of hydrogen-bond acceptors (Lipinski definition) is 6. The maximum atomic E-state index is 13.0. The molecule has 0 radical (unpaired) electrons. The summed E-state index contributed by atoms with van der Waals surface area (Å²) in [5.74, 6) is 2.76. The Hall–Kier alpha value is -4.57. The van der Waals surface area contributed by atoms with Crippen LogP contribution in [0.25, 0.3) is 32.7 Å². The molecule has 0 unspecified atom stereocenters. The number of benzene rings is 3. The van der Waals surface area contributed by atoms with Crippen LogP contribution in [0, 0.1) is 0 Å². The van der Waals surface area contributed by atoms with Gasteiger partial charge in [-0.1, -0.05) is 18.2 Å². The number of nitrogens with zero attached hydrogens (tertiary/aromatic N) is 1. The molecule has 39 heavy (non-hydrogen) atoms. The quantitative estimate of drug-likeness (QED) is 0.225. The largest absolute Gasteiger partial charge is 0.497 e. The van der Waals surface area contributed by atoms with E-state index in [0.29, 0.717) is 17.1 Å². The maximum Gasteiger partial charge on any atom is 0.431 e. The molecule has 0 aliphatic rings. The van der Waals surface area contributed by atoms with Gasteiger partial charge in [-0.2, -0.15) is 18.2 Å². The molecule has 0 amide bonds. The number of thiophene rings is 1. The predicted octanol–water partition coefficient (Wildman–Crippen LogP) is 7.65. The first-order valence-electron chi connectivity index (χ1n) is 11.6. The lowest BCUT2D eigenvalue weighted by molar-refractivity contribution is -0.141. The Morgan fingerprint density at radius 3 is 2.18 bits per heavy atom. The zero-order valence-electron chi connectivity index (χ0n) is 20.7. The number of methoxy groups -OCH3 is 2. The summed E-state index contributed by atoms with van der Waals surface area (Å²) in [6, 6.07) is 21.3. The van der Waals surface area contributed by atoms with Crippen LogP contribution in [-0.4, -0.2) is 24.2 Å². The molecule has 0 atom stereocenters. The number of alkyl halides is 3. The molecule has 0 spiro atoms. The van der Waals surface area contributed by atoms with Gasteiger partial charge >= 0.3 is 11.9 Å². The molecule has 0 fully saturated rings. The third-order valence-corrected chi connectivity index (χ3v) is 7.00. The summed E-state index contributed by atoms with van der Waals surface area (Å²) < 4.78 is 56.9. The molecule has 0 saturated carbocycles. The maximum absolute atomic E-state index is 13.0. The fraction of sp³-hybridized carbons (Fsp3) is 0.103. The van der Waals surface area contributed by atoms with Crippen LogP contribution < -0.4 is 19.9 Å². The average Bonchev–Trinajstić information content (AvgIpc) is 3.29. The molecule has 198 valence electrons. The second-order valence-electron chi connectivity index (χ2n) is 8.38. The van der Waals surface area contributed by atoms with Crippen molar-refractivity contribution in [1.82, 2.24) is 9.97 Å². The summed E-state index contributed by atoms with van der Waals surface area (Å²) in [6.07, 6.45) is -1.76. The number of halogens is 3. The van der Waals surface area contributed by atoms with Gasteiger partial charge in [0.1, 0.15) is 22.9 Å². The molecule has 1 N–H and O–H groups in total. The van der Waals surface area contributed by atoms with Gasteiger partial charge in [0.05, 0.1) is 24.8 Å². The van der Waals surface area contributed by atoms with Gasteiger partial charge in [-0.3, -0.25) is 0 Å². The first-order valence-corrected chi connectivity index (χ1v) is 12.4. The van der Waals surface area contributed by atoms with Crippen LogP contribution in [0.1, 0.15) is 17.0 Å². The molecule has 5 aromatic rings. The van der Waals surface area contributed by atoms with E-state index in [-0.39, 0.29) is 5.69 Å². The first kappa shape index (κ1) is 26.1. The second kappa shape index (κ2) is 10.7. The molecular formula is C29H21F3N2O4S. The van der Waals surface area contributed by atoms with Crippen molar-refractivity contribution in [3.8, 4) is 33.4 Å². The molecule has 2 aromatic heterocycles. The standard InChI is InChI=1S/C29H21F3N2O4S/c1-36-20-11-6-18(7-12-20)27-26(23-14-13-22(37-2)16-24(23)39-27)38-21-9-4-17(5-10-21)3-8-19-15-25(29(30,31)32)34-28(35)33-19/h3-16H,1-2H3,(H,33,34,35)/b8-3+. The lowest BCUT2D eigenvalue weighted by Crippen LogP contribution is -2.19. The minimum Gasteiger partial charge on any atom is -0.497 e. The highest BCUT2D eigenvalue weighted by Gasteiger charge is 2.32. The van der Waals surface area contributed by atoms with E-state index < -0.39 is 17.6 Å². The van der Waals surface area contributed by atoms with Crippen LogP contribution in [0.5, 0.6) is 23.0 Å². The fourth-order valence-corrected chi connectivity index (χ4v) is 5.04. The van der Waals surface area contributed by atoms with Crippen LogP contribution in [-0.2, 0) is 6.18 Å². The van der Waals surface area contributed by atoms with E-state index in [1.807, 2.05) is 42.5 Å². The summed E-state index contributed by atoms with van der Waals surface area (Å²) in [6.45, 7) is 0. The van der Waals surface area contributed by atoms with E-state index in [1.165, 1.54) is 6.08 Å². The van der Waals surface area contributed by atoms with Gasteiger partial charge in [0, 0.05) is 10.1 Å². The smallest absolute Gasteiger partial charge is 0.431 e. The number of fused-ring (bicyclic) bond motifs is 1. The summed E-state index contributed by atoms with van der Waals surface area (Å²) >= 11 is 1.58. The van der Waals surface area contributed by atoms with E-state index in [2.05, 4.69) is 4.98 Å². The normalized spacial score (nSPS) is 11.7. The number of ether oxygens (including phenoxy) is 3. The lowest BCUT2D eigenvalue weighted by Gasteiger charge is -2.09. The van der Waals surface area contributed by atoms with Crippen LogP contribution in [0.2, 0.25) is 0 Å². The van der Waals surface area contributed by atoms with Crippen molar-refractivity contribution in [2.45, 2.75) is 6.18 Å². The molecule has 3 aromatic carbocycles. The van der Waals surface area contributed by atoms with E-state index in [9.17, 15) is 18.0 Å². The van der Waals surface area contributed by atoms with E-state index in [1.54, 1.807) is 60.9 Å². The molecule has 0 saturated heterocycles. The third kappa shape index (κ3) is 5.80. The number of aromatic nitrogens is 2. The number of aromatic amines is 1. The van der Waals surface area contributed by atoms with Crippen molar-refractivity contribution in [2.24, 2.45) is 0 Å². The van der Waals surface area contributed by atoms with E-state index in [0.717, 1.165) is 38.1 Å². The van der Waals surface area contributed by atoms with Crippen molar-refractivity contribution in [2.75, 3.05) is 14.2 Å². The Bertz CT molecular complexity index is 1710. The molecule has 5 rings (SSSR count). The topological polar surface area (TPSA) is 73.4 Å². The van der Waals surface area contributed by atoms with Crippen molar-refractivity contribution < 1.29 is 27.4 Å². The molecule has 6 nitrogen and oxygen atoms in total. The van der Waals surface area contributed by atoms with Gasteiger partial charge in [0.2, 0.25) is 0 Å². The van der Waals surface area contributed by atoms with Gasteiger partial charge in [0.15, 0.2) is 5.75 Å². The van der Waals surface area contributed by atoms with Gasteiger partial charge in [-0.25, -0.2) is 4.79 Å². The van der Waals surface area contributed by atoms with Gasteiger partial charge in [-0.05, 0) is 77.9 Å². The summed E-state index contributed by atoms with van der Waals surface area (Å²) in [4.78, 5) is 17.7. The second-order valence-corrected chi connectivity index (χ2v) is 9.43. The SMILES string of the molecule is COc1ccc(-c2sc3cc(OC)ccc3c2Oc2ccc(/C=C/c3cc(C(F)(F)F)[nH]c(=O)n3)cc2)cc1. The fourth-order valence-electron chi connectivity index (χ4n) is 3.88. The Morgan fingerprint density at radius 1 is 0.846 bits per heavy atom. The van der Waals surface area contributed by atoms with Gasteiger partial charge < -0.3 is 19.2 Å². The molecule has 0 aliphatic heterocycles. The number of H-pyrrole nitrogens is 1. The minimum atomic E-state index is -4.68. The predicted molar refractivity (Wildman–Crippen MR) is 146 cm³/mol. The third-order valence-electron chi connectivity index (χ3n) is 5.82. The number of hydrogen-bond donors (Lipinski definition) is 1. The molecule has 0 aliphatic carbocycles.